The summed E-state index contributed by atoms with van der Waals surface area (Å²) in [6.07, 6.45) is 2.74. The number of rotatable bonds is 6. The molecule has 2 N–H and O–H groups in total. The summed E-state index contributed by atoms with van der Waals surface area (Å²) < 4.78 is 27.3. The van der Waals surface area contributed by atoms with Gasteiger partial charge in [-0.05, 0) is 51.9 Å². The van der Waals surface area contributed by atoms with Crippen LogP contribution in [0.2, 0.25) is 0 Å². The summed E-state index contributed by atoms with van der Waals surface area (Å²) in [6.45, 7) is 2.81. The molecule has 0 aromatic carbocycles. The number of likely N-dealkylation sites (N-methyl/N-ethyl adjacent to an activating group) is 1. The highest BCUT2D eigenvalue weighted by molar-refractivity contribution is 7.91. The fraction of sp³-hybridized carbons (Fsp3) is 0.636. The summed E-state index contributed by atoms with van der Waals surface area (Å²) in [5.41, 5.74) is -0.200. The van der Waals surface area contributed by atoms with Crippen LogP contribution in [-0.4, -0.2) is 27.5 Å². The number of thiophene rings is 1. The summed E-state index contributed by atoms with van der Waals surface area (Å²) in [7, 11) is -1.42. The third kappa shape index (κ3) is 3.28. The average Bonchev–Trinajstić information content (AvgIpc) is 2.81. The first kappa shape index (κ1) is 13.0. The zero-order chi connectivity index (χ0) is 12.5. The van der Waals surface area contributed by atoms with Gasteiger partial charge < -0.3 is 5.32 Å². The van der Waals surface area contributed by atoms with Crippen molar-refractivity contribution in [3.05, 3.63) is 17.0 Å². The minimum absolute atomic E-state index is 0.200. The second kappa shape index (κ2) is 4.68. The van der Waals surface area contributed by atoms with E-state index in [1.165, 1.54) is 11.3 Å². The van der Waals surface area contributed by atoms with E-state index in [0.717, 1.165) is 30.7 Å². The normalized spacial score (nSPS) is 18.2. The molecule has 0 bridgehead atoms. The van der Waals surface area contributed by atoms with Gasteiger partial charge in [-0.3, -0.25) is 0 Å². The van der Waals surface area contributed by atoms with Crippen LogP contribution < -0.4 is 10.0 Å². The molecule has 4 nitrogen and oxygen atoms in total. The second-order valence-corrected chi connectivity index (χ2v) is 7.82. The number of nitrogens with one attached hydrogen (secondary N) is 2. The zero-order valence-corrected chi connectivity index (χ0v) is 11.7. The first-order chi connectivity index (χ1) is 7.95. The molecule has 0 aliphatic heterocycles. The highest BCUT2D eigenvalue weighted by Crippen LogP contribution is 2.36. The number of hydrogen-bond donors (Lipinski definition) is 2. The van der Waals surface area contributed by atoms with E-state index in [2.05, 4.69) is 10.0 Å². The topological polar surface area (TPSA) is 58.2 Å². The van der Waals surface area contributed by atoms with Crippen molar-refractivity contribution in [1.29, 1.82) is 0 Å². The fourth-order valence-corrected chi connectivity index (χ4v) is 4.37. The van der Waals surface area contributed by atoms with Crippen molar-refractivity contribution in [2.45, 2.75) is 35.9 Å². The van der Waals surface area contributed by atoms with Crippen molar-refractivity contribution in [2.75, 3.05) is 13.6 Å². The highest BCUT2D eigenvalue weighted by Gasteiger charge is 2.41. The van der Waals surface area contributed by atoms with E-state index >= 15 is 0 Å². The van der Waals surface area contributed by atoms with E-state index in [9.17, 15) is 8.42 Å². The fourth-order valence-electron chi connectivity index (χ4n) is 1.55. The maximum absolute atomic E-state index is 12.1. The summed E-state index contributed by atoms with van der Waals surface area (Å²) in [6, 6.07) is 3.59. The van der Waals surface area contributed by atoms with Gasteiger partial charge in [-0.1, -0.05) is 0 Å². The molecular weight excluding hydrogens is 256 g/mol. The Hall–Kier alpha value is -0.430. The molecule has 0 amide bonds. The molecule has 1 saturated carbocycles. The van der Waals surface area contributed by atoms with Crippen molar-refractivity contribution in [3.8, 4) is 0 Å². The summed E-state index contributed by atoms with van der Waals surface area (Å²) in [5, 5.41) is 3.05. The molecule has 0 radical (unpaired) electrons. The van der Waals surface area contributed by atoms with Crippen LogP contribution in [0.25, 0.3) is 0 Å². The van der Waals surface area contributed by atoms with Crippen molar-refractivity contribution < 1.29 is 8.42 Å². The molecule has 1 aliphatic carbocycles. The van der Waals surface area contributed by atoms with Gasteiger partial charge in [0.15, 0.2) is 0 Å². The molecule has 0 unspecified atom stereocenters. The van der Waals surface area contributed by atoms with Gasteiger partial charge in [-0.25, -0.2) is 13.1 Å². The van der Waals surface area contributed by atoms with Gasteiger partial charge >= 0.3 is 0 Å². The number of sulfonamides is 1. The van der Waals surface area contributed by atoms with Crippen LogP contribution in [0.15, 0.2) is 16.3 Å². The van der Waals surface area contributed by atoms with Gasteiger partial charge in [0.25, 0.3) is 10.0 Å². The molecule has 1 aromatic rings. The Balaban J connectivity index is 2.08. The Morgan fingerprint density at radius 2 is 2.12 bits per heavy atom. The molecule has 96 valence electrons. The van der Waals surface area contributed by atoms with Crippen molar-refractivity contribution in [2.24, 2.45) is 0 Å². The Labute approximate surface area is 106 Å². The predicted molar refractivity (Wildman–Crippen MR) is 69.9 cm³/mol. The van der Waals surface area contributed by atoms with E-state index < -0.39 is 10.0 Å². The van der Waals surface area contributed by atoms with Crippen LogP contribution in [0.4, 0.5) is 0 Å². The van der Waals surface area contributed by atoms with Crippen molar-refractivity contribution in [1.82, 2.24) is 10.0 Å². The Kier molecular flexibility index (Phi) is 3.58. The predicted octanol–water partition coefficient (Wildman–Crippen LogP) is 1.34. The SMILES string of the molecule is CNCCc1ccc(S(=O)(=O)NC2(C)CC2)s1. The quantitative estimate of drug-likeness (QED) is 0.823. The third-order valence-electron chi connectivity index (χ3n) is 2.90. The van der Waals surface area contributed by atoms with Gasteiger partial charge in [0.1, 0.15) is 4.21 Å². The largest absolute Gasteiger partial charge is 0.319 e. The molecule has 1 aliphatic rings. The second-order valence-electron chi connectivity index (χ2n) is 4.74. The molecule has 1 fully saturated rings. The Morgan fingerprint density at radius 3 is 2.71 bits per heavy atom. The maximum atomic E-state index is 12.1. The summed E-state index contributed by atoms with van der Waals surface area (Å²) >= 11 is 1.36. The molecule has 0 saturated heterocycles. The molecule has 2 rings (SSSR count). The van der Waals surface area contributed by atoms with Crippen LogP contribution in [0, 0.1) is 0 Å². The molecule has 0 spiro atoms. The molecule has 1 aromatic heterocycles. The first-order valence-corrected chi connectivity index (χ1v) is 8.02. The molecule has 6 heteroatoms. The smallest absolute Gasteiger partial charge is 0.250 e. The van der Waals surface area contributed by atoms with Crippen molar-refractivity contribution in [3.63, 3.8) is 0 Å². The average molecular weight is 274 g/mol. The Bertz CT molecular complexity index is 489. The van der Waals surface area contributed by atoms with Gasteiger partial charge in [-0.2, -0.15) is 0 Å². The third-order valence-corrected chi connectivity index (χ3v) is 6.18. The van der Waals surface area contributed by atoms with E-state index in [1.807, 2.05) is 20.0 Å². The highest BCUT2D eigenvalue weighted by atomic mass is 32.2. The van der Waals surface area contributed by atoms with Gasteiger partial charge in [0.05, 0.1) is 0 Å². The molecule has 0 atom stereocenters. The molecule has 1 heterocycles. The van der Waals surface area contributed by atoms with Crippen LogP contribution in [-0.2, 0) is 16.4 Å². The number of hydrogen-bond acceptors (Lipinski definition) is 4. The summed E-state index contributed by atoms with van der Waals surface area (Å²) in [5.74, 6) is 0. The molecular formula is C11H18N2O2S2. The molecule has 17 heavy (non-hydrogen) atoms. The lowest BCUT2D eigenvalue weighted by Gasteiger charge is -2.10. The van der Waals surface area contributed by atoms with E-state index in [0.29, 0.717) is 4.21 Å². The van der Waals surface area contributed by atoms with Gasteiger partial charge in [0.2, 0.25) is 0 Å². The van der Waals surface area contributed by atoms with Crippen LogP contribution in [0.1, 0.15) is 24.6 Å². The Morgan fingerprint density at radius 1 is 1.41 bits per heavy atom. The van der Waals surface area contributed by atoms with E-state index in [4.69, 9.17) is 0 Å². The lowest BCUT2D eigenvalue weighted by Crippen LogP contribution is -2.33. The van der Waals surface area contributed by atoms with E-state index in [-0.39, 0.29) is 5.54 Å². The van der Waals surface area contributed by atoms with Crippen LogP contribution in [0.3, 0.4) is 0 Å². The van der Waals surface area contributed by atoms with Gasteiger partial charge in [-0.15, -0.1) is 11.3 Å². The van der Waals surface area contributed by atoms with E-state index in [1.54, 1.807) is 6.07 Å². The van der Waals surface area contributed by atoms with Crippen LogP contribution >= 0.6 is 11.3 Å². The zero-order valence-electron chi connectivity index (χ0n) is 10.1. The lowest BCUT2D eigenvalue weighted by atomic mass is 10.3. The lowest BCUT2D eigenvalue weighted by molar-refractivity contribution is 0.560. The first-order valence-electron chi connectivity index (χ1n) is 5.72. The van der Waals surface area contributed by atoms with Crippen molar-refractivity contribution >= 4 is 21.4 Å². The van der Waals surface area contributed by atoms with Gasteiger partial charge in [0, 0.05) is 10.4 Å². The summed E-state index contributed by atoms with van der Waals surface area (Å²) in [4.78, 5) is 1.10. The minimum Gasteiger partial charge on any atom is -0.319 e. The maximum Gasteiger partial charge on any atom is 0.250 e. The minimum atomic E-state index is -3.31. The monoisotopic (exact) mass is 274 g/mol. The van der Waals surface area contributed by atoms with Crippen LogP contribution in [0.5, 0.6) is 0 Å². The standard InChI is InChI=1S/C11H18N2O2S2/c1-11(6-7-11)13-17(14,15)10-4-3-9(16-10)5-8-12-2/h3-4,12-13H,5-8H2,1-2H3.